The van der Waals surface area contributed by atoms with E-state index in [0.29, 0.717) is 6.54 Å². The molecule has 0 aliphatic heterocycles. The third kappa shape index (κ3) is 2.15. The molecule has 2 aromatic rings. The van der Waals surface area contributed by atoms with Crippen molar-refractivity contribution in [3.05, 3.63) is 34.4 Å². The fraction of sp³-hybridized carbons (Fsp3) is 0.385. The van der Waals surface area contributed by atoms with Crippen LogP contribution in [0.4, 0.5) is 0 Å². The van der Waals surface area contributed by atoms with Gasteiger partial charge in [0.05, 0.1) is 0 Å². The largest absolute Gasteiger partial charge is 0.346 e. The molecule has 16 heavy (non-hydrogen) atoms. The molecule has 0 spiro atoms. The van der Waals surface area contributed by atoms with E-state index < -0.39 is 0 Å². The van der Waals surface area contributed by atoms with Crippen LogP contribution in [0.15, 0.2) is 28.9 Å². The molecule has 0 radical (unpaired) electrons. The monoisotopic (exact) mass is 280 g/mol. The minimum atomic E-state index is 0.682. The first kappa shape index (κ1) is 11.7. The number of aromatic nitrogens is 1. The summed E-state index contributed by atoms with van der Waals surface area (Å²) in [7, 11) is 0. The van der Waals surface area contributed by atoms with Crippen molar-refractivity contribution in [2.24, 2.45) is 5.73 Å². The summed E-state index contributed by atoms with van der Waals surface area (Å²) in [5, 5.41) is 1.36. The minimum absolute atomic E-state index is 0.682. The van der Waals surface area contributed by atoms with Gasteiger partial charge in [-0.05, 0) is 24.1 Å². The Labute approximate surface area is 105 Å². The maximum atomic E-state index is 5.64. The number of rotatable bonds is 4. The third-order valence-corrected chi connectivity index (χ3v) is 3.31. The van der Waals surface area contributed by atoms with Crippen molar-refractivity contribution in [1.82, 2.24) is 4.57 Å². The number of hydrogen-bond donors (Lipinski definition) is 1. The van der Waals surface area contributed by atoms with Gasteiger partial charge < -0.3 is 10.3 Å². The minimum Gasteiger partial charge on any atom is -0.346 e. The Morgan fingerprint density at radius 1 is 1.38 bits per heavy atom. The van der Waals surface area contributed by atoms with E-state index in [2.05, 4.69) is 51.8 Å². The summed E-state index contributed by atoms with van der Waals surface area (Å²) in [6.07, 6.45) is 4.56. The lowest BCUT2D eigenvalue weighted by Crippen LogP contribution is -2.08. The van der Waals surface area contributed by atoms with E-state index in [1.807, 2.05) is 0 Å². The second-order valence-corrected chi connectivity index (χ2v) is 4.96. The van der Waals surface area contributed by atoms with Crippen LogP contribution in [0.5, 0.6) is 0 Å². The van der Waals surface area contributed by atoms with Crippen molar-refractivity contribution in [3.63, 3.8) is 0 Å². The fourth-order valence-corrected chi connectivity index (χ4v) is 2.48. The second kappa shape index (κ2) is 5.02. The van der Waals surface area contributed by atoms with Crippen LogP contribution in [0.3, 0.4) is 0 Å². The van der Waals surface area contributed by atoms with E-state index in [0.717, 1.165) is 17.4 Å². The molecule has 0 aliphatic carbocycles. The first-order chi connectivity index (χ1) is 7.76. The van der Waals surface area contributed by atoms with Gasteiger partial charge in [0.15, 0.2) is 0 Å². The molecular formula is C13H17BrN2. The topological polar surface area (TPSA) is 30.9 Å². The molecule has 1 aromatic carbocycles. The molecule has 2 nitrogen and oxygen atoms in total. The molecule has 1 heterocycles. The van der Waals surface area contributed by atoms with E-state index in [1.165, 1.54) is 22.9 Å². The maximum Gasteiger partial charge on any atom is 0.0494 e. The SMILES string of the molecule is CCCc1cn(CCN)c2cc(Br)ccc12. The second-order valence-electron chi connectivity index (χ2n) is 4.05. The fourth-order valence-electron chi connectivity index (χ4n) is 2.13. The van der Waals surface area contributed by atoms with Crippen LogP contribution >= 0.6 is 15.9 Å². The zero-order valence-corrected chi connectivity index (χ0v) is 11.1. The van der Waals surface area contributed by atoms with Crippen molar-refractivity contribution >= 4 is 26.8 Å². The zero-order valence-electron chi connectivity index (χ0n) is 9.54. The number of hydrogen-bond acceptors (Lipinski definition) is 1. The van der Waals surface area contributed by atoms with E-state index >= 15 is 0 Å². The highest BCUT2D eigenvalue weighted by Crippen LogP contribution is 2.25. The van der Waals surface area contributed by atoms with Crippen molar-refractivity contribution in [2.75, 3.05) is 6.54 Å². The van der Waals surface area contributed by atoms with Gasteiger partial charge in [-0.15, -0.1) is 0 Å². The highest BCUT2D eigenvalue weighted by molar-refractivity contribution is 9.10. The van der Waals surface area contributed by atoms with E-state index in [4.69, 9.17) is 5.73 Å². The average Bonchev–Trinajstić information content (AvgIpc) is 2.58. The van der Waals surface area contributed by atoms with Crippen LogP contribution in [0, 0.1) is 0 Å². The van der Waals surface area contributed by atoms with Gasteiger partial charge in [0.1, 0.15) is 0 Å². The van der Waals surface area contributed by atoms with Gasteiger partial charge in [0.25, 0.3) is 0 Å². The van der Waals surface area contributed by atoms with E-state index in [9.17, 15) is 0 Å². The summed E-state index contributed by atoms with van der Waals surface area (Å²) in [6.45, 7) is 3.78. The van der Waals surface area contributed by atoms with E-state index in [1.54, 1.807) is 0 Å². The molecule has 0 atom stereocenters. The number of fused-ring (bicyclic) bond motifs is 1. The Kier molecular flexibility index (Phi) is 3.66. The summed E-state index contributed by atoms with van der Waals surface area (Å²) in [6, 6.07) is 6.47. The maximum absolute atomic E-state index is 5.64. The predicted octanol–water partition coefficient (Wildman–Crippen LogP) is 3.32. The van der Waals surface area contributed by atoms with Crippen molar-refractivity contribution in [1.29, 1.82) is 0 Å². The van der Waals surface area contributed by atoms with Gasteiger partial charge in [-0.1, -0.05) is 35.3 Å². The quantitative estimate of drug-likeness (QED) is 0.915. The molecule has 86 valence electrons. The Morgan fingerprint density at radius 2 is 2.19 bits per heavy atom. The zero-order chi connectivity index (χ0) is 11.5. The van der Waals surface area contributed by atoms with Crippen molar-refractivity contribution in [3.8, 4) is 0 Å². The normalized spacial score (nSPS) is 11.2. The first-order valence-electron chi connectivity index (χ1n) is 5.73. The lowest BCUT2D eigenvalue weighted by atomic mass is 10.1. The molecule has 0 saturated carbocycles. The van der Waals surface area contributed by atoms with Crippen LogP contribution in [0.2, 0.25) is 0 Å². The van der Waals surface area contributed by atoms with Gasteiger partial charge >= 0.3 is 0 Å². The lowest BCUT2D eigenvalue weighted by molar-refractivity contribution is 0.730. The van der Waals surface area contributed by atoms with Crippen LogP contribution in [0.1, 0.15) is 18.9 Å². The summed E-state index contributed by atoms with van der Waals surface area (Å²) >= 11 is 3.52. The summed E-state index contributed by atoms with van der Waals surface area (Å²) in [5.41, 5.74) is 8.35. The highest BCUT2D eigenvalue weighted by atomic mass is 79.9. The number of nitrogens with zero attached hydrogens (tertiary/aromatic N) is 1. The molecule has 1 aromatic heterocycles. The Morgan fingerprint density at radius 3 is 2.88 bits per heavy atom. The molecule has 0 unspecified atom stereocenters. The van der Waals surface area contributed by atoms with Gasteiger partial charge in [-0.3, -0.25) is 0 Å². The molecule has 2 rings (SSSR count). The van der Waals surface area contributed by atoms with Crippen LogP contribution in [-0.2, 0) is 13.0 Å². The number of nitrogens with two attached hydrogens (primary N) is 1. The Balaban J connectivity index is 2.56. The van der Waals surface area contributed by atoms with Gasteiger partial charge in [-0.2, -0.15) is 0 Å². The van der Waals surface area contributed by atoms with Gasteiger partial charge in [0.2, 0.25) is 0 Å². The van der Waals surface area contributed by atoms with Crippen LogP contribution < -0.4 is 5.73 Å². The summed E-state index contributed by atoms with van der Waals surface area (Å²) in [5.74, 6) is 0. The average molecular weight is 281 g/mol. The first-order valence-corrected chi connectivity index (χ1v) is 6.53. The molecule has 0 aliphatic rings. The Bertz CT molecular complexity index is 488. The number of benzene rings is 1. The van der Waals surface area contributed by atoms with Crippen molar-refractivity contribution < 1.29 is 0 Å². The molecule has 0 bridgehead atoms. The number of aryl methyl sites for hydroxylation is 1. The lowest BCUT2D eigenvalue weighted by Gasteiger charge is -2.02. The number of halogens is 1. The van der Waals surface area contributed by atoms with Gasteiger partial charge in [0, 0.05) is 34.7 Å². The van der Waals surface area contributed by atoms with Crippen LogP contribution in [-0.4, -0.2) is 11.1 Å². The molecule has 3 heteroatoms. The molecule has 2 N–H and O–H groups in total. The molecule has 0 saturated heterocycles. The van der Waals surface area contributed by atoms with Crippen molar-refractivity contribution in [2.45, 2.75) is 26.3 Å². The molecule has 0 amide bonds. The van der Waals surface area contributed by atoms with Crippen LogP contribution in [0.25, 0.3) is 10.9 Å². The third-order valence-electron chi connectivity index (χ3n) is 2.82. The van der Waals surface area contributed by atoms with Gasteiger partial charge in [-0.25, -0.2) is 0 Å². The highest BCUT2D eigenvalue weighted by Gasteiger charge is 2.07. The molecular weight excluding hydrogens is 264 g/mol. The summed E-state index contributed by atoms with van der Waals surface area (Å²) < 4.78 is 3.38. The molecule has 0 fully saturated rings. The smallest absolute Gasteiger partial charge is 0.0494 e. The standard InChI is InChI=1S/C13H17BrN2/c1-2-3-10-9-16(7-6-15)13-8-11(14)4-5-12(10)13/h4-5,8-9H,2-3,6-7,15H2,1H3. The van der Waals surface area contributed by atoms with E-state index in [-0.39, 0.29) is 0 Å². The Hall–Kier alpha value is -0.800. The summed E-state index contributed by atoms with van der Waals surface area (Å²) in [4.78, 5) is 0. The predicted molar refractivity (Wildman–Crippen MR) is 72.7 cm³/mol.